The van der Waals surface area contributed by atoms with Crippen LogP contribution in [0.25, 0.3) is 0 Å². The van der Waals surface area contributed by atoms with Gasteiger partial charge in [0.05, 0.1) is 0 Å². The predicted molar refractivity (Wildman–Crippen MR) is 69.7 cm³/mol. The van der Waals surface area contributed by atoms with E-state index in [1.807, 2.05) is 0 Å². The Hall–Kier alpha value is -0.960. The Labute approximate surface area is 95.5 Å². The fraction of sp³-hybridized carbons (Fsp3) is 0.600. The molecule has 1 aliphatic carbocycles. The standard InChI is InChI=1S/C13H22.C2H2/c1-2-10-13-11-8-6-4-3-5-7-9-12-13;1-2/h4,6,8,11,13H,2-3,5,7,9-10,12H2,1H3;1-2H/b6-4-,11-8-;. The van der Waals surface area contributed by atoms with Gasteiger partial charge < -0.3 is 0 Å². The number of hydrogen-bond donors (Lipinski definition) is 0. The van der Waals surface area contributed by atoms with Gasteiger partial charge in [0.25, 0.3) is 0 Å². The van der Waals surface area contributed by atoms with Crippen LogP contribution in [0.5, 0.6) is 0 Å². The summed E-state index contributed by atoms with van der Waals surface area (Å²) in [5.41, 5.74) is 0. The van der Waals surface area contributed by atoms with Gasteiger partial charge in [-0.05, 0) is 31.6 Å². The van der Waals surface area contributed by atoms with E-state index in [-0.39, 0.29) is 0 Å². The maximum Gasteiger partial charge on any atom is -0.0230 e. The van der Waals surface area contributed by atoms with Gasteiger partial charge in [0, 0.05) is 0 Å². The first-order valence-electron chi connectivity index (χ1n) is 6.10. The van der Waals surface area contributed by atoms with Gasteiger partial charge in [-0.15, -0.1) is 12.8 Å². The van der Waals surface area contributed by atoms with Gasteiger partial charge >= 0.3 is 0 Å². The van der Waals surface area contributed by atoms with E-state index in [2.05, 4.69) is 44.1 Å². The summed E-state index contributed by atoms with van der Waals surface area (Å²) in [5, 5.41) is 0. The molecule has 0 amide bonds. The van der Waals surface area contributed by atoms with Crippen LogP contribution in [0, 0.1) is 18.8 Å². The average molecular weight is 204 g/mol. The molecule has 0 aliphatic heterocycles. The Bertz CT molecular complexity index is 195. The Kier molecular flexibility index (Phi) is 10.4. The molecule has 0 heterocycles. The molecule has 0 aromatic rings. The first-order valence-corrected chi connectivity index (χ1v) is 6.10. The van der Waals surface area contributed by atoms with Crippen molar-refractivity contribution in [2.45, 2.75) is 51.9 Å². The van der Waals surface area contributed by atoms with Crippen LogP contribution in [-0.2, 0) is 0 Å². The second-order valence-electron chi connectivity index (χ2n) is 4.00. The molecule has 1 atom stereocenters. The van der Waals surface area contributed by atoms with Crippen LogP contribution >= 0.6 is 0 Å². The zero-order valence-corrected chi connectivity index (χ0v) is 9.99. The fourth-order valence-corrected chi connectivity index (χ4v) is 1.95. The van der Waals surface area contributed by atoms with Crippen LogP contribution < -0.4 is 0 Å². The van der Waals surface area contributed by atoms with Crippen LogP contribution in [0.4, 0.5) is 0 Å². The lowest BCUT2D eigenvalue weighted by molar-refractivity contribution is 0.497. The molecule has 0 nitrogen and oxygen atoms in total. The number of rotatable bonds is 2. The smallest absolute Gasteiger partial charge is 0.0230 e. The fourth-order valence-electron chi connectivity index (χ4n) is 1.95. The maximum absolute atomic E-state index is 4.00. The van der Waals surface area contributed by atoms with Crippen molar-refractivity contribution in [3.63, 3.8) is 0 Å². The summed E-state index contributed by atoms with van der Waals surface area (Å²) < 4.78 is 0. The highest BCUT2D eigenvalue weighted by Gasteiger charge is 2.03. The van der Waals surface area contributed by atoms with Crippen molar-refractivity contribution in [3.8, 4) is 12.8 Å². The zero-order valence-electron chi connectivity index (χ0n) is 9.99. The monoisotopic (exact) mass is 204 g/mol. The highest BCUT2D eigenvalue weighted by molar-refractivity contribution is 5.04. The Balaban J connectivity index is 0.000000921. The van der Waals surface area contributed by atoms with Gasteiger partial charge in [-0.3, -0.25) is 0 Å². The van der Waals surface area contributed by atoms with E-state index in [0.29, 0.717) is 0 Å². The first-order chi connectivity index (χ1) is 7.43. The number of allylic oxidation sites excluding steroid dienone is 4. The Morgan fingerprint density at radius 3 is 2.67 bits per heavy atom. The molecule has 0 bridgehead atoms. The lowest BCUT2D eigenvalue weighted by Crippen LogP contribution is -1.96. The van der Waals surface area contributed by atoms with Crippen molar-refractivity contribution in [2.24, 2.45) is 5.92 Å². The molecule has 0 saturated heterocycles. The highest BCUT2D eigenvalue weighted by atomic mass is 14.1. The minimum Gasteiger partial charge on any atom is -0.124 e. The maximum atomic E-state index is 4.00. The molecule has 0 heteroatoms. The number of terminal acetylenes is 1. The van der Waals surface area contributed by atoms with Gasteiger partial charge in [-0.25, -0.2) is 0 Å². The molecule has 84 valence electrons. The summed E-state index contributed by atoms with van der Waals surface area (Å²) in [4.78, 5) is 0. The van der Waals surface area contributed by atoms with E-state index in [4.69, 9.17) is 0 Å². The van der Waals surface area contributed by atoms with E-state index in [1.165, 1.54) is 44.9 Å². The summed E-state index contributed by atoms with van der Waals surface area (Å²) in [7, 11) is 0. The van der Waals surface area contributed by atoms with Crippen molar-refractivity contribution in [1.82, 2.24) is 0 Å². The molecule has 0 aromatic carbocycles. The summed E-state index contributed by atoms with van der Waals surface area (Å²) in [6, 6.07) is 0. The van der Waals surface area contributed by atoms with E-state index in [1.54, 1.807) is 0 Å². The van der Waals surface area contributed by atoms with Crippen molar-refractivity contribution in [1.29, 1.82) is 0 Å². The molecule has 15 heavy (non-hydrogen) atoms. The third-order valence-corrected chi connectivity index (χ3v) is 2.74. The molecule has 0 N–H and O–H groups in total. The first kappa shape index (κ1) is 14.0. The van der Waals surface area contributed by atoms with Crippen LogP contribution in [0.1, 0.15) is 51.9 Å². The molecule has 1 rings (SSSR count). The quantitative estimate of drug-likeness (QED) is 0.570. The van der Waals surface area contributed by atoms with Crippen LogP contribution in [0.2, 0.25) is 0 Å². The van der Waals surface area contributed by atoms with E-state index < -0.39 is 0 Å². The van der Waals surface area contributed by atoms with Crippen molar-refractivity contribution < 1.29 is 0 Å². The van der Waals surface area contributed by atoms with Crippen molar-refractivity contribution in [3.05, 3.63) is 24.3 Å². The minimum absolute atomic E-state index is 0.841. The molecule has 0 saturated carbocycles. The van der Waals surface area contributed by atoms with Crippen LogP contribution in [0.15, 0.2) is 24.3 Å². The largest absolute Gasteiger partial charge is 0.124 e. The topological polar surface area (TPSA) is 0 Å². The van der Waals surface area contributed by atoms with Crippen LogP contribution in [0.3, 0.4) is 0 Å². The molecule has 1 unspecified atom stereocenters. The third-order valence-electron chi connectivity index (χ3n) is 2.74. The number of hydrogen-bond acceptors (Lipinski definition) is 0. The van der Waals surface area contributed by atoms with Crippen molar-refractivity contribution in [2.75, 3.05) is 0 Å². The second kappa shape index (κ2) is 11.1. The minimum atomic E-state index is 0.841. The molecular formula is C15H24. The Morgan fingerprint density at radius 1 is 1.13 bits per heavy atom. The lowest BCUT2D eigenvalue weighted by Gasteiger charge is -2.11. The normalized spacial score (nSPS) is 25.7. The van der Waals surface area contributed by atoms with Gasteiger partial charge in [0.1, 0.15) is 0 Å². The molecule has 0 aromatic heterocycles. The zero-order chi connectivity index (χ0) is 11.4. The predicted octanol–water partition coefficient (Wildman–Crippen LogP) is 4.73. The van der Waals surface area contributed by atoms with Crippen LogP contribution in [-0.4, -0.2) is 0 Å². The molecule has 0 fully saturated rings. The SMILES string of the molecule is C#C.CCCC1/C=C\C=C/CCCCC1. The van der Waals surface area contributed by atoms with Gasteiger partial charge in [-0.2, -0.15) is 0 Å². The van der Waals surface area contributed by atoms with Gasteiger partial charge in [0.15, 0.2) is 0 Å². The molecule has 0 spiro atoms. The lowest BCUT2D eigenvalue weighted by atomic mass is 9.95. The van der Waals surface area contributed by atoms with Gasteiger partial charge in [0.2, 0.25) is 0 Å². The van der Waals surface area contributed by atoms with E-state index >= 15 is 0 Å². The molecular weight excluding hydrogens is 180 g/mol. The highest BCUT2D eigenvalue weighted by Crippen LogP contribution is 2.18. The van der Waals surface area contributed by atoms with Gasteiger partial charge in [-0.1, -0.05) is 50.5 Å². The third kappa shape index (κ3) is 8.06. The summed E-state index contributed by atoms with van der Waals surface area (Å²) in [5.74, 6) is 0.841. The summed E-state index contributed by atoms with van der Waals surface area (Å²) in [6.45, 7) is 2.28. The van der Waals surface area contributed by atoms with E-state index in [9.17, 15) is 0 Å². The molecule has 0 radical (unpaired) electrons. The summed E-state index contributed by atoms with van der Waals surface area (Å²) >= 11 is 0. The second-order valence-corrected chi connectivity index (χ2v) is 4.00. The van der Waals surface area contributed by atoms with Crippen molar-refractivity contribution >= 4 is 0 Å². The summed E-state index contributed by atoms with van der Waals surface area (Å²) in [6.07, 6.45) is 26.7. The molecule has 1 aliphatic rings. The van der Waals surface area contributed by atoms with E-state index in [0.717, 1.165) is 5.92 Å². The Morgan fingerprint density at radius 2 is 1.93 bits per heavy atom. The average Bonchev–Trinajstić information content (AvgIpc) is 2.30.